The van der Waals surface area contributed by atoms with Crippen molar-refractivity contribution in [2.45, 2.75) is 0 Å². The second-order valence-corrected chi connectivity index (χ2v) is 4.20. The van der Waals surface area contributed by atoms with Gasteiger partial charge < -0.3 is 5.32 Å². The van der Waals surface area contributed by atoms with Crippen LogP contribution in [0.3, 0.4) is 0 Å². The molecule has 0 aliphatic heterocycles. The normalized spacial score (nSPS) is 9.29. The van der Waals surface area contributed by atoms with Crippen molar-refractivity contribution in [3.8, 4) is 0 Å². The third kappa shape index (κ3) is 3.22. The summed E-state index contributed by atoms with van der Waals surface area (Å²) in [6, 6.07) is 7.30. The van der Waals surface area contributed by atoms with Crippen LogP contribution >= 0.6 is 34.8 Å². The summed E-state index contributed by atoms with van der Waals surface area (Å²) >= 11 is 6.97. The lowest BCUT2D eigenvalue weighted by Crippen LogP contribution is -2.37. The fourth-order valence-electron chi connectivity index (χ4n) is 0.868. The highest BCUT2D eigenvalue weighted by atomic mass is 127. The molecular formula is C9H9IN2OS. The van der Waals surface area contributed by atoms with E-state index in [1.807, 2.05) is 12.1 Å². The molecular weight excluding hydrogens is 311 g/mol. The summed E-state index contributed by atoms with van der Waals surface area (Å²) in [6.45, 7) is 0. The second-order valence-electron chi connectivity index (χ2n) is 2.54. The average Bonchev–Trinajstić information content (AvgIpc) is 2.17. The molecule has 74 valence electrons. The van der Waals surface area contributed by atoms with E-state index in [2.05, 4.69) is 33.2 Å². The molecule has 1 aromatic rings. The number of carbonyl (C=O) groups is 1. The first kappa shape index (κ1) is 11.4. The largest absolute Gasteiger partial charge is 0.365 e. The second kappa shape index (κ2) is 5.26. The molecule has 0 saturated heterocycles. The summed E-state index contributed by atoms with van der Waals surface area (Å²) in [6.07, 6.45) is 0. The highest BCUT2D eigenvalue weighted by Gasteiger charge is 2.06. The van der Waals surface area contributed by atoms with Gasteiger partial charge >= 0.3 is 0 Å². The lowest BCUT2D eigenvalue weighted by Gasteiger charge is -2.05. The summed E-state index contributed by atoms with van der Waals surface area (Å²) in [5, 5.41) is 5.56. The van der Waals surface area contributed by atoms with Crippen molar-refractivity contribution in [1.82, 2.24) is 10.6 Å². The highest BCUT2D eigenvalue weighted by Crippen LogP contribution is 2.07. The first-order valence-corrected chi connectivity index (χ1v) is 5.41. The smallest absolute Gasteiger partial charge is 0.257 e. The number of thiocarbonyl (C=S) groups is 1. The van der Waals surface area contributed by atoms with Crippen LogP contribution in [0.15, 0.2) is 24.3 Å². The van der Waals surface area contributed by atoms with Crippen molar-refractivity contribution in [2.24, 2.45) is 0 Å². The molecule has 0 fully saturated rings. The third-order valence-corrected chi connectivity index (χ3v) is 2.52. The molecule has 1 rings (SSSR count). The Bertz CT molecular complexity index is 368. The lowest BCUT2D eigenvalue weighted by molar-refractivity contribution is 0.0977. The first-order valence-electron chi connectivity index (χ1n) is 3.92. The van der Waals surface area contributed by atoms with E-state index in [1.54, 1.807) is 19.2 Å². The molecule has 0 heterocycles. The molecule has 0 spiro atoms. The maximum absolute atomic E-state index is 11.5. The standard InChI is InChI=1S/C9H9IN2OS/c1-11-9(14)12-8(13)6-3-2-4-7(10)5-6/h2-5H,1H3,(H2,11,12,13,14). The highest BCUT2D eigenvalue weighted by molar-refractivity contribution is 14.1. The van der Waals surface area contributed by atoms with Crippen LogP contribution in [0.1, 0.15) is 10.4 Å². The minimum atomic E-state index is -0.192. The fourth-order valence-corrected chi connectivity index (χ4v) is 1.50. The van der Waals surface area contributed by atoms with Gasteiger partial charge in [-0.05, 0) is 53.0 Å². The summed E-state index contributed by atoms with van der Waals surface area (Å²) in [4.78, 5) is 11.5. The van der Waals surface area contributed by atoms with Crippen molar-refractivity contribution in [3.63, 3.8) is 0 Å². The molecule has 1 amide bonds. The number of halogens is 1. The monoisotopic (exact) mass is 320 g/mol. The molecule has 0 aromatic heterocycles. The molecule has 5 heteroatoms. The Kier molecular flexibility index (Phi) is 4.27. The van der Waals surface area contributed by atoms with Crippen LogP contribution in [-0.2, 0) is 0 Å². The number of rotatable bonds is 1. The van der Waals surface area contributed by atoms with Gasteiger partial charge in [-0.2, -0.15) is 0 Å². The van der Waals surface area contributed by atoms with Gasteiger partial charge in [0.25, 0.3) is 5.91 Å². The van der Waals surface area contributed by atoms with Crippen LogP contribution < -0.4 is 10.6 Å². The maximum Gasteiger partial charge on any atom is 0.257 e. The summed E-state index contributed by atoms with van der Waals surface area (Å²) in [5.41, 5.74) is 0.606. The Morgan fingerprint density at radius 2 is 2.21 bits per heavy atom. The Morgan fingerprint density at radius 1 is 1.50 bits per heavy atom. The van der Waals surface area contributed by atoms with Gasteiger partial charge in [-0.1, -0.05) is 6.07 Å². The fraction of sp³-hybridized carbons (Fsp3) is 0.111. The van der Waals surface area contributed by atoms with E-state index >= 15 is 0 Å². The van der Waals surface area contributed by atoms with Crippen LogP contribution in [0.4, 0.5) is 0 Å². The quantitative estimate of drug-likeness (QED) is 0.609. The van der Waals surface area contributed by atoms with Crippen molar-refractivity contribution >= 4 is 45.8 Å². The van der Waals surface area contributed by atoms with Gasteiger partial charge in [-0.25, -0.2) is 0 Å². The van der Waals surface area contributed by atoms with E-state index in [0.29, 0.717) is 10.7 Å². The van der Waals surface area contributed by atoms with Gasteiger partial charge in [0.15, 0.2) is 5.11 Å². The summed E-state index contributed by atoms with van der Waals surface area (Å²) in [7, 11) is 1.66. The number of carbonyl (C=O) groups excluding carboxylic acids is 1. The van der Waals surface area contributed by atoms with Gasteiger partial charge in [0, 0.05) is 16.2 Å². The van der Waals surface area contributed by atoms with Gasteiger partial charge in [-0.3, -0.25) is 10.1 Å². The zero-order chi connectivity index (χ0) is 10.6. The number of nitrogens with one attached hydrogen (secondary N) is 2. The third-order valence-electron chi connectivity index (χ3n) is 1.54. The number of benzene rings is 1. The van der Waals surface area contributed by atoms with Crippen molar-refractivity contribution < 1.29 is 4.79 Å². The van der Waals surface area contributed by atoms with Crippen LogP contribution in [0.5, 0.6) is 0 Å². The molecule has 14 heavy (non-hydrogen) atoms. The van der Waals surface area contributed by atoms with Gasteiger partial charge in [0.1, 0.15) is 0 Å². The first-order chi connectivity index (χ1) is 6.63. The van der Waals surface area contributed by atoms with E-state index in [-0.39, 0.29) is 5.91 Å². The number of hydrogen-bond acceptors (Lipinski definition) is 2. The molecule has 0 atom stereocenters. The van der Waals surface area contributed by atoms with Crippen molar-refractivity contribution in [2.75, 3.05) is 7.05 Å². The van der Waals surface area contributed by atoms with Crippen molar-refractivity contribution in [1.29, 1.82) is 0 Å². The Labute approximate surface area is 101 Å². The van der Waals surface area contributed by atoms with Crippen LogP contribution in [-0.4, -0.2) is 18.1 Å². The van der Waals surface area contributed by atoms with Crippen LogP contribution in [0.2, 0.25) is 0 Å². The topological polar surface area (TPSA) is 41.1 Å². The molecule has 0 bridgehead atoms. The molecule has 1 aromatic carbocycles. The zero-order valence-corrected chi connectivity index (χ0v) is 10.5. The number of hydrogen-bond donors (Lipinski definition) is 2. The zero-order valence-electron chi connectivity index (χ0n) is 7.50. The maximum atomic E-state index is 11.5. The Balaban J connectivity index is 2.75. The Hall–Kier alpha value is -0.690. The Morgan fingerprint density at radius 3 is 2.79 bits per heavy atom. The minimum Gasteiger partial charge on any atom is -0.365 e. The van der Waals surface area contributed by atoms with E-state index in [4.69, 9.17) is 12.2 Å². The molecule has 0 aliphatic rings. The summed E-state index contributed by atoms with van der Waals surface area (Å²) in [5.74, 6) is -0.192. The van der Waals surface area contributed by atoms with Crippen molar-refractivity contribution in [3.05, 3.63) is 33.4 Å². The van der Waals surface area contributed by atoms with Gasteiger partial charge in [0.05, 0.1) is 0 Å². The molecule has 0 saturated carbocycles. The van der Waals surface area contributed by atoms with Crippen LogP contribution in [0.25, 0.3) is 0 Å². The van der Waals surface area contributed by atoms with E-state index in [1.165, 1.54) is 0 Å². The van der Waals surface area contributed by atoms with Gasteiger partial charge in [0.2, 0.25) is 0 Å². The molecule has 0 unspecified atom stereocenters. The predicted octanol–water partition coefficient (Wildman–Crippen LogP) is 1.53. The average molecular weight is 320 g/mol. The molecule has 0 aliphatic carbocycles. The molecule has 0 radical (unpaired) electrons. The number of amides is 1. The molecule has 3 nitrogen and oxygen atoms in total. The van der Waals surface area contributed by atoms with E-state index < -0.39 is 0 Å². The summed E-state index contributed by atoms with van der Waals surface area (Å²) < 4.78 is 1.02. The predicted molar refractivity (Wildman–Crippen MR) is 68.3 cm³/mol. The van der Waals surface area contributed by atoms with E-state index in [9.17, 15) is 4.79 Å². The lowest BCUT2D eigenvalue weighted by atomic mass is 10.2. The van der Waals surface area contributed by atoms with Gasteiger partial charge in [-0.15, -0.1) is 0 Å². The minimum absolute atomic E-state index is 0.192. The molecule has 2 N–H and O–H groups in total. The van der Waals surface area contributed by atoms with E-state index in [0.717, 1.165) is 3.57 Å². The SMILES string of the molecule is CNC(=S)NC(=O)c1cccc(I)c1. The van der Waals surface area contributed by atoms with Crippen LogP contribution in [0, 0.1) is 3.57 Å².